The molecule has 0 saturated heterocycles. The fourth-order valence-corrected chi connectivity index (χ4v) is 0.747. The van der Waals surface area contributed by atoms with Crippen molar-refractivity contribution < 1.29 is 9.90 Å². The van der Waals surface area contributed by atoms with Crippen molar-refractivity contribution in [1.82, 2.24) is 5.32 Å². The first-order valence-electron chi connectivity index (χ1n) is 3.16. The molecule has 0 amide bonds. The van der Waals surface area contributed by atoms with Gasteiger partial charge < -0.3 is 10.4 Å². The van der Waals surface area contributed by atoms with Gasteiger partial charge in [-0.25, -0.2) is 0 Å². The molecule has 0 fully saturated rings. The van der Waals surface area contributed by atoms with Gasteiger partial charge in [-0.3, -0.25) is 4.79 Å². The van der Waals surface area contributed by atoms with Gasteiger partial charge in [0, 0.05) is 0 Å². The number of aliphatic carboxylic acids is 1. The third kappa shape index (κ3) is 2.19. The zero-order chi connectivity index (χ0) is 8.15. The molecule has 10 heavy (non-hydrogen) atoms. The summed E-state index contributed by atoms with van der Waals surface area (Å²) in [6.07, 6.45) is 1.62. The van der Waals surface area contributed by atoms with Gasteiger partial charge in [-0.1, -0.05) is 13.0 Å². The summed E-state index contributed by atoms with van der Waals surface area (Å²) in [4.78, 5) is 10.4. The molecule has 0 heterocycles. The van der Waals surface area contributed by atoms with Crippen LogP contribution >= 0.6 is 0 Å². The Morgan fingerprint density at radius 2 is 2.30 bits per heavy atom. The number of hydrogen-bond acceptors (Lipinski definition) is 2. The normalized spacial score (nSPS) is 15.8. The van der Waals surface area contributed by atoms with Crippen LogP contribution in [0, 0.1) is 5.92 Å². The van der Waals surface area contributed by atoms with Crippen molar-refractivity contribution in [2.24, 2.45) is 5.92 Å². The van der Waals surface area contributed by atoms with E-state index < -0.39 is 12.0 Å². The summed E-state index contributed by atoms with van der Waals surface area (Å²) in [5.74, 6) is -0.877. The number of hydrogen-bond donors (Lipinski definition) is 2. The molecule has 0 aromatic heterocycles. The summed E-state index contributed by atoms with van der Waals surface area (Å²) < 4.78 is 0. The lowest BCUT2D eigenvalue weighted by molar-refractivity contribution is -0.140. The lowest BCUT2D eigenvalue weighted by atomic mass is 10.0. The van der Waals surface area contributed by atoms with Gasteiger partial charge in [0.05, 0.1) is 0 Å². The summed E-state index contributed by atoms with van der Waals surface area (Å²) in [7, 11) is 1.62. The molecule has 0 aliphatic heterocycles. The summed E-state index contributed by atoms with van der Waals surface area (Å²) in [5, 5.41) is 11.2. The van der Waals surface area contributed by atoms with Gasteiger partial charge in [0.15, 0.2) is 0 Å². The minimum absolute atomic E-state index is 0.0394. The molecule has 0 rings (SSSR count). The van der Waals surface area contributed by atoms with Gasteiger partial charge >= 0.3 is 5.97 Å². The Bertz CT molecular complexity index is 134. The van der Waals surface area contributed by atoms with Crippen molar-refractivity contribution in [2.75, 3.05) is 7.05 Å². The van der Waals surface area contributed by atoms with E-state index in [4.69, 9.17) is 5.11 Å². The minimum Gasteiger partial charge on any atom is -0.480 e. The largest absolute Gasteiger partial charge is 0.480 e. The fourth-order valence-electron chi connectivity index (χ4n) is 0.747. The Hall–Kier alpha value is -0.830. The van der Waals surface area contributed by atoms with Crippen LogP contribution in [-0.2, 0) is 4.79 Å². The number of carboxylic acids is 1. The molecule has 58 valence electrons. The first-order chi connectivity index (χ1) is 4.63. The van der Waals surface area contributed by atoms with E-state index in [0.29, 0.717) is 0 Å². The average Bonchev–Trinajstić information content (AvgIpc) is 1.88. The highest BCUT2D eigenvalue weighted by Gasteiger charge is 2.19. The van der Waals surface area contributed by atoms with Crippen molar-refractivity contribution in [3.63, 3.8) is 0 Å². The van der Waals surface area contributed by atoms with Crippen molar-refractivity contribution in [3.8, 4) is 0 Å². The Morgan fingerprint density at radius 1 is 1.80 bits per heavy atom. The van der Waals surface area contributed by atoms with Gasteiger partial charge in [-0.2, -0.15) is 0 Å². The lowest BCUT2D eigenvalue weighted by Gasteiger charge is -2.14. The maximum absolute atomic E-state index is 10.4. The first-order valence-corrected chi connectivity index (χ1v) is 3.16. The Kier molecular flexibility index (Phi) is 3.72. The fraction of sp³-hybridized carbons (Fsp3) is 0.571. The van der Waals surface area contributed by atoms with E-state index in [1.54, 1.807) is 13.1 Å². The van der Waals surface area contributed by atoms with E-state index in [1.165, 1.54) is 0 Å². The van der Waals surface area contributed by atoms with Gasteiger partial charge in [-0.15, -0.1) is 6.58 Å². The van der Waals surface area contributed by atoms with E-state index in [9.17, 15) is 4.79 Å². The smallest absolute Gasteiger partial charge is 0.321 e. The van der Waals surface area contributed by atoms with Gasteiger partial charge in [0.1, 0.15) is 6.04 Å². The predicted octanol–water partition coefficient (Wildman–Crippen LogP) is 0.481. The number of nitrogens with one attached hydrogen (secondary N) is 1. The highest BCUT2D eigenvalue weighted by molar-refractivity contribution is 5.74. The number of likely N-dealkylation sites (N-methyl/N-ethyl adjacent to an activating group) is 1. The van der Waals surface area contributed by atoms with Crippen molar-refractivity contribution in [1.29, 1.82) is 0 Å². The molecule has 0 spiro atoms. The van der Waals surface area contributed by atoms with Crippen LogP contribution in [0.25, 0.3) is 0 Å². The Balaban J connectivity index is 4.05. The molecule has 0 aliphatic carbocycles. The standard InChI is InChI=1S/C7H13NO2/c1-4-5(2)6(8-3)7(9)10/h4-6,8H,1H2,2-3H3,(H,9,10). The molecule has 0 radical (unpaired) electrons. The zero-order valence-electron chi connectivity index (χ0n) is 6.29. The van der Waals surface area contributed by atoms with E-state index in [-0.39, 0.29) is 5.92 Å². The molecule has 3 heteroatoms. The van der Waals surface area contributed by atoms with Crippen LogP contribution in [-0.4, -0.2) is 24.2 Å². The lowest BCUT2D eigenvalue weighted by Crippen LogP contribution is -2.38. The second-order valence-corrected chi connectivity index (χ2v) is 2.20. The third-order valence-corrected chi connectivity index (χ3v) is 1.47. The number of carboxylic acid groups (broad SMARTS) is 1. The van der Waals surface area contributed by atoms with Gasteiger partial charge in [0.2, 0.25) is 0 Å². The summed E-state index contributed by atoms with van der Waals surface area (Å²) >= 11 is 0. The predicted molar refractivity (Wildman–Crippen MR) is 39.8 cm³/mol. The van der Waals surface area contributed by atoms with Crippen LogP contribution in [0.1, 0.15) is 6.92 Å². The Labute approximate surface area is 60.7 Å². The van der Waals surface area contributed by atoms with E-state index in [2.05, 4.69) is 11.9 Å². The monoisotopic (exact) mass is 143 g/mol. The molecular formula is C7H13NO2. The molecule has 3 nitrogen and oxygen atoms in total. The molecule has 0 aromatic rings. The Morgan fingerprint density at radius 3 is 2.40 bits per heavy atom. The SMILES string of the molecule is C=CC(C)C(NC)C(=O)O. The summed E-state index contributed by atoms with van der Waals surface area (Å²) in [5.41, 5.74) is 0. The molecule has 0 bridgehead atoms. The minimum atomic E-state index is -0.838. The second-order valence-electron chi connectivity index (χ2n) is 2.20. The maximum atomic E-state index is 10.4. The quantitative estimate of drug-likeness (QED) is 0.563. The molecule has 0 saturated carbocycles. The summed E-state index contributed by atoms with van der Waals surface area (Å²) in [6, 6.07) is -0.516. The van der Waals surface area contributed by atoms with Gasteiger partial charge in [0.25, 0.3) is 0 Å². The molecule has 2 unspecified atom stereocenters. The molecule has 0 aromatic carbocycles. The highest BCUT2D eigenvalue weighted by Crippen LogP contribution is 2.02. The maximum Gasteiger partial charge on any atom is 0.321 e. The van der Waals surface area contributed by atoms with Crippen LogP contribution in [0.5, 0.6) is 0 Å². The van der Waals surface area contributed by atoms with E-state index in [1.807, 2.05) is 6.92 Å². The molecule has 2 atom stereocenters. The van der Waals surface area contributed by atoms with Crippen LogP contribution in [0.2, 0.25) is 0 Å². The van der Waals surface area contributed by atoms with Crippen molar-refractivity contribution in [3.05, 3.63) is 12.7 Å². The molecule has 2 N–H and O–H groups in total. The number of rotatable bonds is 4. The van der Waals surface area contributed by atoms with E-state index in [0.717, 1.165) is 0 Å². The first kappa shape index (κ1) is 9.17. The van der Waals surface area contributed by atoms with E-state index >= 15 is 0 Å². The average molecular weight is 143 g/mol. The van der Waals surface area contributed by atoms with Crippen LogP contribution in [0.15, 0.2) is 12.7 Å². The molecular weight excluding hydrogens is 130 g/mol. The molecule has 0 aliphatic rings. The number of carbonyl (C=O) groups is 1. The van der Waals surface area contributed by atoms with Crippen LogP contribution in [0.4, 0.5) is 0 Å². The third-order valence-electron chi connectivity index (χ3n) is 1.47. The zero-order valence-corrected chi connectivity index (χ0v) is 6.29. The van der Waals surface area contributed by atoms with Crippen molar-refractivity contribution in [2.45, 2.75) is 13.0 Å². The van der Waals surface area contributed by atoms with Crippen molar-refractivity contribution >= 4 is 5.97 Å². The second kappa shape index (κ2) is 4.06. The highest BCUT2D eigenvalue weighted by atomic mass is 16.4. The summed E-state index contributed by atoms with van der Waals surface area (Å²) in [6.45, 7) is 5.32. The topological polar surface area (TPSA) is 49.3 Å². The van der Waals surface area contributed by atoms with Gasteiger partial charge in [-0.05, 0) is 13.0 Å². The van der Waals surface area contributed by atoms with Crippen LogP contribution < -0.4 is 5.32 Å². The van der Waals surface area contributed by atoms with Crippen LogP contribution in [0.3, 0.4) is 0 Å².